The van der Waals surface area contributed by atoms with Crippen molar-refractivity contribution in [3.05, 3.63) is 150 Å². The van der Waals surface area contributed by atoms with Gasteiger partial charge < -0.3 is 42.9 Å². The fraction of sp³-hybridized carbons (Fsp3) is 0.436. The summed E-state index contributed by atoms with van der Waals surface area (Å²) in [6, 6.07) is 20.5. The van der Waals surface area contributed by atoms with E-state index in [2.05, 4.69) is 91.8 Å². The van der Waals surface area contributed by atoms with Gasteiger partial charge in [0.15, 0.2) is 5.69 Å². The van der Waals surface area contributed by atoms with Crippen LogP contribution in [0.1, 0.15) is 95.5 Å². The predicted molar refractivity (Wildman–Crippen MR) is 298 cm³/mol. The van der Waals surface area contributed by atoms with Gasteiger partial charge in [-0.2, -0.15) is 5.10 Å². The second kappa shape index (κ2) is 28.3. The third kappa shape index (κ3) is 17.5. The first kappa shape index (κ1) is 56.1. The van der Waals surface area contributed by atoms with Crippen LogP contribution in [0.4, 0.5) is 29.1 Å². The molecule has 21 heteroatoms. The minimum Gasteiger partial charge on any atom is -0.464 e. The van der Waals surface area contributed by atoms with E-state index in [-0.39, 0.29) is 0 Å². The van der Waals surface area contributed by atoms with E-state index in [1.807, 2.05) is 48.9 Å². The molecular formula is C55H77N19O2. The third-order valence-electron chi connectivity index (χ3n) is 14.1. The molecule has 0 radical (unpaired) electrons. The van der Waals surface area contributed by atoms with Gasteiger partial charge in [-0.1, -0.05) is 36.8 Å². The largest absolute Gasteiger partial charge is 0.464 e. The molecule has 3 atom stereocenters. The summed E-state index contributed by atoms with van der Waals surface area (Å²) < 4.78 is 8.20. The van der Waals surface area contributed by atoms with Gasteiger partial charge in [0.05, 0.1) is 32.2 Å². The van der Waals surface area contributed by atoms with Crippen molar-refractivity contribution >= 4 is 35.1 Å². The second-order valence-corrected chi connectivity index (χ2v) is 19.9. The lowest BCUT2D eigenvalue weighted by Gasteiger charge is -2.32. The summed E-state index contributed by atoms with van der Waals surface area (Å²) in [5.74, 6) is 3.38. The monoisotopic (exact) mass is 1040 g/mol. The normalized spacial score (nSPS) is 17.8. The molecule has 0 spiro atoms. The van der Waals surface area contributed by atoms with Crippen LogP contribution in [0, 0.1) is 12.8 Å². The third-order valence-corrected chi connectivity index (χ3v) is 14.1. The van der Waals surface area contributed by atoms with Crippen molar-refractivity contribution in [1.82, 2.24) is 68.8 Å². The summed E-state index contributed by atoms with van der Waals surface area (Å²) in [7, 11) is 3.52. The Kier molecular flexibility index (Phi) is 20.9. The number of fused-ring (bicyclic) bond motifs is 2. The number of hydrogen-bond acceptors (Lipinski definition) is 19. The van der Waals surface area contributed by atoms with Crippen LogP contribution < -0.4 is 28.7 Å². The van der Waals surface area contributed by atoms with Crippen LogP contribution in [-0.2, 0) is 30.9 Å². The number of methoxy groups -OCH3 is 1. The van der Waals surface area contributed by atoms with Gasteiger partial charge in [0.1, 0.15) is 41.7 Å². The van der Waals surface area contributed by atoms with E-state index in [1.54, 1.807) is 53.4 Å². The second-order valence-electron chi connectivity index (χ2n) is 19.9. The van der Waals surface area contributed by atoms with Crippen molar-refractivity contribution in [2.45, 2.75) is 90.6 Å². The Bertz CT molecular complexity index is 2760. The summed E-state index contributed by atoms with van der Waals surface area (Å²) in [6.07, 6.45) is 22.1. The van der Waals surface area contributed by atoms with Crippen molar-refractivity contribution in [1.29, 1.82) is 0 Å². The highest BCUT2D eigenvalue weighted by Crippen LogP contribution is 2.38. The van der Waals surface area contributed by atoms with E-state index >= 15 is 0 Å². The smallest absolute Gasteiger partial charge is 0.356 e. The fourth-order valence-corrected chi connectivity index (χ4v) is 9.68. The molecule has 3 aliphatic heterocycles. The van der Waals surface area contributed by atoms with Crippen LogP contribution in [0.2, 0.25) is 0 Å². The van der Waals surface area contributed by atoms with E-state index < -0.39 is 5.97 Å². The number of anilines is 5. The molecule has 1 aliphatic carbocycles. The fourth-order valence-electron chi connectivity index (χ4n) is 9.68. The number of pyridine rings is 5. The molecule has 0 amide bonds. The Labute approximate surface area is 446 Å². The molecular weight excluding hydrogens is 959 g/mol. The number of piperidine rings is 2. The first-order valence-electron chi connectivity index (χ1n) is 26.1. The number of carbonyl (C=O) groups is 1. The van der Waals surface area contributed by atoms with Crippen LogP contribution in [0.5, 0.6) is 0 Å². The first-order valence-corrected chi connectivity index (χ1v) is 26.1. The molecule has 4 fully saturated rings. The van der Waals surface area contributed by atoms with Gasteiger partial charge >= 0.3 is 5.97 Å². The van der Waals surface area contributed by atoms with Gasteiger partial charge in [0, 0.05) is 88.9 Å². The number of aromatic nitrogens is 10. The summed E-state index contributed by atoms with van der Waals surface area (Å²) in [5.41, 5.74) is 34.6. The topological polar surface area (TPSA) is 282 Å². The van der Waals surface area contributed by atoms with Crippen molar-refractivity contribution in [3.8, 4) is 0 Å². The van der Waals surface area contributed by atoms with Gasteiger partial charge in [-0.15, -0.1) is 0 Å². The number of nitrogen functional groups attached to an aromatic ring is 5. The zero-order valence-corrected chi connectivity index (χ0v) is 44.6. The number of piperazine rings is 1. The zero-order chi connectivity index (χ0) is 53.8. The Morgan fingerprint density at radius 1 is 0.632 bits per heavy atom. The lowest BCUT2D eigenvalue weighted by molar-refractivity contribution is 0.0588. The molecule has 1 unspecified atom stereocenters. The molecule has 2 bridgehead atoms. The maximum atomic E-state index is 11.6. The van der Waals surface area contributed by atoms with Crippen molar-refractivity contribution in [2.75, 3.05) is 88.6 Å². The summed E-state index contributed by atoms with van der Waals surface area (Å²) in [4.78, 5) is 49.9. The molecule has 11 rings (SSSR count). The average Bonchev–Trinajstić information content (AvgIpc) is 4.29. The standard InChI is InChI=1S/C12H14N4O2.C12H17N3.C12H19N3.C11H18N4.C8H9N5/c1-8-11(12(17)18-2)16(7-15-8)6-9-3-4-10(13)14-5-9;13-12-4-2-10(6-14-12)8-15-7-9-1-3-11(15)5-9;1-10(15-7-3-2-4-8-15)11-5-6-12(13)14-9-11;1-14-4-6-15(7-5-14)9-10-2-3-11(12)13-8-10;9-8-2-1-7(3-11-8)4-13-6-10-5-12-13/h3-5,7H,6H2,1-2H3,(H2,13,14);2,4,6,9,11H,1,3,5,7-8H2,(H2,13,14);5-6,9-10H,2-4,7-8H2,1H3,(H2,13,14);2-3,8H,4-7,9H2,1H3,(H2,12,13);1-3,5-6H,4H2,(H2,9,11)/t;9-,11+;;;/m.1.../s1. The summed E-state index contributed by atoms with van der Waals surface area (Å²) >= 11 is 0. The molecule has 3 saturated heterocycles. The number of nitrogens with zero attached hydrogens (tertiary/aromatic N) is 14. The Balaban J connectivity index is 0.000000139. The Morgan fingerprint density at radius 3 is 1.64 bits per heavy atom. The van der Waals surface area contributed by atoms with Crippen LogP contribution in [0.15, 0.2) is 111 Å². The first-order chi connectivity index (χ1) is 36.8. The Morgan fingerprint density at radius 2 is 1.17 bits per heavy atom. The van der Waals surface area contributed by atoms with Crippen LogP contribution >= 0.6 is 0 Å². The molecule has 4 aliphatic rings. The minimum atomic E-state index is -0.395. The molecule has 10 heterocycles. The number of hydrogen-bond donors (Lipinski definition) is 5. The maximum absolute atomic E-state index is 11.6. The van der Waals surface area contributed by atoms with Gasteiger partial charge in [0.2, 0.25) is 0 Å². The predicted octanol–water partition coefficient (Wildman–Crippen LogP) is 5.58. The quantitative estimate of drug-likeness (QED) is 0.0989. The molecule has 0 aromatic carbocycles. The SMILES string of the molecule is CC(c1ccc(N)nc1)N1CCCCC1.CN1CCN(Cc2ccc(N)nc2)CC1.COC(=O)c1c(C)ncn1Cc1ccc(N)nc1.Nc1ccc(CN2C[C@@H]3CC[C@H]2C3)cn1.Nc1ccc(Cn2cncn2)cn1. The highest BCUT2D eigenvalue weighted by atomic mass is 16.5. The molecule has 7 aromatic rings. The van der Waals surface area contributed by atoms with E-state index in [0.717, 1.165) is 62.4 Å². The van der Waals surface area contributed by atoms with E-state index in [4.69, 9.17) is 33.4 Å². The van der Waals surface area contributed by atoms with Crippen LogP contribution in [-0.4, -0.2) is 141 Å². The molecule has 404 valence electrons. The zero-order valence-electron chi connectivity index (χ0n) is 44.6. The molecule has 7 aromatic heterocycles. The molecule has 10 N–H and O–H groups in total. The van der Waals surface area contributed by atoms with Crippen molar-refractivity contribution in [3.63, 3.8) is 0 Å². The van der Waals surface area contributed by atoms with Gasteiger partial charge in [-0.3, -0.25) is 14.7 Å². The number of ether oxygens (including phenoxy) is 1. The van der Waals surface area contributed by atoms with E-state index in [1.165, 1.54) is 88.3 Å². The summed E-state index contributed by atoms with van der Waals surface area (Å²) in [5, 5.41) is 3.98. The van der Waals surface area contributed by atoms with Crippen molar-refractivity contribution < 1.29 is 9.53 Å². The number of likely N-dealkylation sites (tertiary alicyclic amines) is 2. The number of rotatable bonds is 11. The summed E-state index contributed by atoms with van der Waals surface area (Å²) in [6.45, 7) is 15.5. The molecule has 21 nitrogen and oxygen atoms in total. The number of carbonyl (C=O) groups excluding carboxylic acids is 1. The minimum absolute atomic E-state index is 0.395. The number of aryl methyl sites for hydroxylation is 1. The number of imidazole rings is 1. The van der Waals surface area contributed by atoms with E-state index in [0.29, 0.717) is 59.6 Å². The number of nitrogens with two attached hydrogens (primary N) is 5. The Hall–Kier alpha value is -7.59. The van der Waals surface area contributed by atoms with Gasteiger partial charge in [0.25, 0.3) is 0 Å². The number of likely N-dealkylation sites (N-methyl/N-ethyl adjacent to an activating group) is 1. The van der Waals surface area contributed by atoms with Crippen molar-refractivity contribution in [2.24, 2.45) is 5.92 Å². The van der Waals surface area contributed by atoms with Crippen LogP contribution in [0.3, 0.4) is 0 Å². The lowest BCUT2D eigenvalue weighted by Crippen LogP contribution is -2.43. The average molecular weight is 1040 g/mol. The number of esters is 1. The van der Waals surface area contributed by atoms with Gasteiger partial charge in [-0.05, 0) is 130 Å². The van der Waals surface area contributed by atoms with E-state index in [9.17, 15) is 4.79 Å². The maximum Gasteiger partial charge on any atom is 0.356 e. The highest BCUT2D eigenvalue weighted by Gasteiger charge is 2.37. The molecule has 76 heavy (non-hydrogen) atoms. The lowest BCUT2D eigenvalue weighted by atomic mass is 10.0. The molecule has 1 saturated carbocycles. The van der Waals surface area contributed by atoms with Crippen LogP contribution in [0.25, 0.3) is 0 Å². The highest BCUT2D eigenvalue weighted by molar-refractivity contribution is 5.88. The van der Waals surface area contributed by atoms with Gasteiger partial charge in [-0.25, -0.2) is 44.4 Å².